The number of aromatic nitrogens is 3. The van der Waals surface area contributed by atoms with E-state index in [1.54, 1.807) is 7.11 Å². The van der Waals surface area contributed by atoms with Gasteiger partial charge in [-0.05, 0) is 55.7 Å². The van der Waals surface area contributed by atoms with Gasteiger partial charge in [0, 0.05) is 16.8 Å². The summed E-state index contributed by atoms with van der Waals surface area (Å²) in [4.78, 5) is 17.2. The summed E-state index contributed by atoms with van der Waals surface area (Å²) in [6.07, 6.45) is 3.06. The molecule has 0 radical (unpaired) electrons. The lowest BCUT2D eigenvalue weighted by molar-refractivity contribution is 0.156. The van der Waals surface area contributed by atoms with E-state index in [2.05, 4.69) is 10.3 Å². The summed E-state index contributed by atoms with van der Waals surface area (Å²) in [7, 11) is 1.62. The molecule has 1 aliphatic carbocycles. The van der Waals surface area contributed by atoms with Gasteiger partial charge in [0.2, 0.25) is 0 Å². The summed E-state index contributed by atoms with van der Waals surface area (Å²) in [5, 5.41) is 8.37. The first kappa shape index (κ1) is 15.1. The molecule has 6 heteroatoms. The van der Waals surface area contributed by atoms with E-state index in [0.29, 0.717) is 11.5 Å². The van der Waals surface area contributed by atoms with Crippen LogP contribution in [0.15, 0.2) is 53.3 Å². The highest BCUT2D eigenvalue weighted by Crippen LogP contribution is 2.46. The summed E-state index contributed by atoms with van der Waals surface area (Å²) >= 11 is 0. The molecule has 1 fully saturated rings. The molecule has 1 spiro atoms. The minimum Gasteiger partial charge on any atom is -0.497 e. The third kappa shape index (κ3) is 2.08. The number of methoxy groups -OCH3 is 1. The van der Waals surface area contributed by atoms with E-state index in [4.69, 9.17) is 9.84 Å². The van der Waals surface area contributed by atoms with Crippen molar-refractivity contribution in [2.45, 2.75) is 24.9 Å². The molecule has 6 nitrogen and oxygen atoms in total. The van der Waals surface area contributed by atoms with E-state index in [9.17, 15) is 4.79 Å². The molecule has 26 heavy (non-hydrogen) atoms. The minimum absolute atomic E-state index is 0.286. The number of hydrogen-bond donors (Lipinski definition) is 1. The molecule has 2 heterocycles. The monoisotopic (exact) mass is 346 g/mol. The van der Waals surface area contributed by atoms with Crippen LogP contribution in [0.1, 0.15) is 19.3 Å². The second-order valence-electron chi connectivity index (χ2n) is 6.79. The van der Waals surface area contributed by atoms with Crippen molar-refractivity contribution >= 4 is 5.69 Å². The van der Waals surface area contributed by atoms with Gasteiger partial charge >= 0.3 is 0 Å². The maximum Gasteiger partial charge on any atom is 0.300 e. The van der Waals surface area contributed by atoms with Crippen LogP contribution in [0, 0.1) is 0 Å². The van der Waals surface area contributed by atoms with Crippen LogP contribution in [0.3, 0.4) is 0 Å². The molecule has 0 saturated heterocycles. The van der Waals surface area contributed by atoms with E-state index in [-0.39, 0.29) is 11.2 Å². The first-order valence-corrected chi connectivity index (χ1v) is 8.74. The van der Waals surface area contributed by atoms with Crippen molar-refractivity contribution in [3.63, 3.8) is 0 Å². The fourth-order valence-corrected chi connectivity index (χ4v) is 3.73. The molecule has 1 aliphatic heterocycles. The van der Waals surface area contributed by atoms with Crippen LogP contribution >= 0.6 is 0 Å². The van der Waals surface area contributed by atoms with Gasteiger partial charge in [-0.15, -0.1) is 0 Å². The van der Waals surface area contributed by atoms with Gasteiger partial charge in [0.1, 0.15) is 11.4 Å². The Hall–Kier alpha value is -3.15. The quantitative estimate of drug-likeness (QED) is 0.771. The molecule has 1 N–H and O–H groups in total. The Balaban J connectivity index is 1.72. The number of anilines is 1. The summed E-state index contributed by atoms with van der Waals surface area (Å²) in [5.41, 5.74) is 2.43. The van der Waals surface area contributed by atoms with E-state index >= 15 is 0 Å². The normalized spacial score (nSPS) is 16.2. The highest BCUT2D eigenvalue weighted by Gasteiger charge is 2.44. The zero-order valence-electron chi connectivity index (χ0n) is 14.4. The predicted molar refractivity (Wildman–Crippen MR) is 99.2 cm³/mol. The van der Waals surface area contributed by atoms with Crippen LogP contribution in [-0.4, -0.2) is 21.9 Å². The van der Waals surface area contributed by atoms with E-state index in [1.165, 1.54) is 0 Å². The van der Waals surface area contributed by atoms with Crippen LogP contribution in [0.5, 0.6) is 5.75 Å². The van der Waals surface area contributed by atoms with Crippen LogP contribution in [0.25, 0.3) is 22.6 Å². The van der Waals surface area contributed by atoms with Crippen LogP contribution in [0.4, 0.5) is 5.69 Å². The molecule has 0 amide bonds. The average molecular weight is 346 g/mol. The van der Waals surface area contributed by atoms with Gasteiger partial charge in [0.15, 0.2) is 11.5 Å². The highest BCUT2D eigenvalue weighted by molar-refractivity contribution is 5.77. The third-order valence-corrected chi connectivity index (χ3v) is 5.30. The largest absolute Gasteiger partial charge is 0.497 e. The predicted octanol–water partition coefficient (Wildman–Crippen LogP) is 3.24. The van der Waals surface area contributed by atoms with Crippen molar-refractivity contribution < 1.29 is 4.74 Å². The van der Waals surface area contributed by atoms with E-state index in [1.807, 2.05) is 53.2 Å². The Morgan fingerprint density at radius 3 is 2.58 bits per heavy atom. The Kier molecular flexibility index (Phi) is 3.16. The number of fused-ring (bicyclic) bond motifs is 4. The van der Waals surface area contributed by atoms with Crippen molar-refractivity contribution in [1.82, 2.24) is 14.8 Å². The fourth-order valence-electron chi connectivity index (χ4n) is 3.73. The number of ether oxygens (including phenoxy) is 1. The topological polar surface area (TPSA) is 69.0 Å². The maximum absolute atomic E-state index is 12.7. The van der Waals surface area contributed by atoms with Crippen LogP contribution in [-0.2, 0) is 5.66 Å². The van der Waals surface area contributed by atoms with E-state index in [0.717, 1.165) is 41.8 Å². The van der Waals surface area contributed by atoms with Crippen molar-refractivity contribution in [3.8, 4) is 28.4 Å². The zero-order valence-corrected chi connectivity index (χ0v) is 14.4. The Labute approximate surface area is 150 Å². The number of para-hydroxylation sites is 1. The smallest absolute Gasteiger partial charge is 0.300 e. The summed E-state index contributed by atoms with van der Waals surface area (Å²) < 4.78 is 7.11. The number of nitrogens with zero attached hydrogens (tertiary/aromatic N) is 3. The number of rotatable bonds is 2. The number of benzene rings is 2. The Morgan fingerprint density at radius 2 is 1.88 bits per heavy atom. The first-order valence-electron chi connectivity index (χ1n) is 8.74. The van der Waals surface area contributed by atoms with Gasteiger partial charge < -0.3 is 10.1 Å². The van der Waals surface area contributed by atoms with Gasteiger partial charge in [0.05, 0.1) is 7.11 Å². The van der Waals surface area contributed by atoms with Crippen molar-refractivity contribution in [2.24, 2.45) is 0 Å². The van der Waals surface area contributed by atoms with Crippen molar-refractivity contribution in [2.75, 3.05) is 12.4 Å². The maximum atomic E-state index is 12.7. The molecule has 5 rings (SSSR count). The zero-order chi connectivity index (χ0) is 17.7. The van der Waals surface area contributed by atoms with E-state index < -0.39 is 0 Å². The molecular formula is C20H18N4O2. The SMILES string of the molecule is COc1ccc(-c2nn3c(nc2=O)-c2ccccc2NC32CCC2)cc1. The molecule has 0 bridgehead atoms. The summed E-state index contributed by atoms with van der Waals surface area (Å²) in [6, 6.07) is 15.3. The van der Waals surface area contributed by atoms with Crippen molar-refractivity contribution in [1.29, 1.82) is 0 Å². The lowest BCUT2D eigenvalue weighted by Crippen LogP contribution is -2.52. The minimum atomic E-state index is -0.312. The lowest BCUT2D eigenvalue weighted by atomic mass is 9.82. The van der Waals surface area contributed by atoms with Gasteiger partial charge in [-0.3, -0.25) is 4.79 Å². The molecule has 130 valence electrons. The van der Waals surface area contributed by atoms with Gasteiger partial charge in [-0.25, -0.2) is 4.68 Å². The second kappa shape index (κ2) is 5.42. The molecule has 0 unspecified atom stereocenters. The Bertz CT molecular complexity index is 1050. The van der Waals surface area contributed by atoms with Crippen LogP contribution < -0.4 is 15.6 Å². The lowest BCUT2D eigenvalue weighted by Gasteiger charge is -2.47. The molecule has 3 aromatic rings. The first-order chi connectivity index (χ1) is 12.7. The Morgan fingerprint density at radius 1 is 1.12 bits per heavy atom. The van der Waals surface area contributed by atoms with Crippen LogP contribution in [0.2, 0.25) is 0 Å². The van der Waals surface area contributed by atoms with Gasteiger partial charge in [-0.1, -0.05) is 12.1 Å². The summed E-state index contributed by atoms with van der Waals surface area (Å²) in [6.45, 7) is 0. The summed E-state index contributed by atoms with van der Waals surface area (Å²) in [5.74, 6) is 1.38. The average Bonchev–Trinajstić information content (AvgIpc) is 2.65. The standard InChI is InChI=1S/C20H18N4O2/c1-26-14-9-7-13(8-10-14)17-19(25)21-18-15-5-2-3-6-16(15)22-20(11-4-12-20)24(18)23-17/h2-3,5-10,22H,4,11-12H2,1H3. The second-order valence-corrected chi connectivity index (χ2v) is 6.79. The molecule has 0 atom stereocenters. The molecule has 1 aromatic heterocycles. The molecule has 2 aromatic carbocycles. The molecular weight excluding hydrogens is 328 g/mol. The number of hydrogen-bond acceptors (Lipinski definition) is 5. The van der Waals surface area contributed by atoms with Gasteiger partial charge in [-0.2, -0.15) is 10.1 Å². The highest BCUT2D eigenvalue weighted by atomic mass is 16.5. The molecule has 1 saturated carbocycles. The third-order valence-electron chi connectivity index (χ3n) is 5.30. The fraction of sp³-hybridized carbons (Fsp3) is 0.250. The van der Waals surface area contributed by atoms with Gasteiger partial charge in [0.25, 0.3) is 5.56 Å². The number of nitrogens with one attached hydrogen (secondary N) is 1. The molecule has 2 aliphatic rings. The van der Waals surface area contributed by atoms with Crippen molar-refractivity contribution in [3.05, 3.63) is 58.9 Å².